The lowest BCUT2D eigenvalue weighted by molar-refractivity contribution is -0.146. The van der Waals surface area contributed by atoms with Gasteiger partial charge in [-0.2, -0.15) is 0 Å². The van der Waals surface area contributed by atoms with Crippen LogP contribution in [-0.4, -0.2) is 36.7 Å². The summed E-state index contributed by atoms with van der Waals surface area (Å²) in [7, 11) is 0. The minimum atomic E-state index is 0.173. The highest BCUT2D eigenvalue weighted by molar-refractivity contribution is 4.85. The smallest absolute Gasteiger partial charge is 0.0802 e. The summed E-state index contributed by atoms with van der Waals surface area (Å²) in [5, 5.41) is 0. The Balaban J connectivity index is 2.27. The number of hydrogen-bond acceptors (Lipinski definition) is 2. The summed E-state index contributed by atoms with van der Waals surface area (Å²) < 4.78 is 5.51. The zero-order valence-corrected chi connectivity index (χ0v) is 7.89. The van der Waals surface area contributed by atoms with Crippen molar-refractivity contribution in [3.8, 4) is 0 Å². The van der Waals surface area contributed by atoms with Crippen LogP contribution in [0.3, 0.4) is 0 Å². The summed E-state index contributed by atoms with van der Waals surface area (Å²) in [5.41, 5.74) is 0.173. The Kier molecular flexibility index (Phi) is 2.90. The maximum absolute atomic E-state index is 5.51. The number of nitrogens with zero attached hydrogens (tertiary/aromatic N) is 1. The molecule has 0 N–H and O–H groups in total. The molecule has 1 rings (SSSR count). The van der Waals surface area contributed by atoms with E-state index in [0.29, 0.717) is 0 Å². The number of rotatable bonds is 4. The van der Waals surface area contributed by atoms with E-state index in [1.807, 2.05) is 0 Å². The first kappa shape index (κ1) is 9.01. The van der Waals surface area contributed by atoms with Crippen LogP contribution in [0.2, 0.25) is 0 Å². The molecule has 0 bridgehead atoms. The molecule has 0 amide bonds. The summed E-state index contributed by atoms with van der Waals surface area (Å²) >= 11 is 0. The van der Waals surface area contributed by atoms with Gasteiger partial charge in [-0.3, -0.25) is 0 Å². The van der Waals surface area contributed by atoms with Crippen molar-refractivity contribution in [2.24, 2.45) is 0 Å². The molecule has 1 atom stereocenters. The Labute approximate surface area is 69.5 Å². The van der Waals surface area contributed by atoms with Crippen LogP contribution in [0.25, 0.3) is 0 Å². The van der Waals surface area contributed by atoms with Gasteiger partial charge in [0.15, 0.2) is 0 Å². The monoisotopic (exact) mass is 157 g/mol. The number of likely N-dealkylation sites (N-methyl/N-ethyl adjacent to an activating group) is 1. The molecular formula is C9H19NO. The molecule has 0 aliphatic carbocycles. The van der Waals surface area contributed by atoms with Crippen molar-refractivity contribution in [1.29, 1.82) is 0 Å². The standard InChI is InChI=1S/C9H19NO/c1-4-10(5-2)8-9(3)6-7-11-9/h4-8H2,1-3H3. The van der Waals surface area contributed by atoms with Gasteiger partial charge in [0.2, 0.25) is 0 Å². The first-order valence-electron chi connectivity index (χ1n) is 4.56. The first-order valence-corrected chi connectivity index (χ1v) is 4.56. The minimum absolute atomic E-state index is 0.173. The average Bonchev–Trinajstić information content (AvgIpc) is 1.97. The van der Waals surface area contributed by atoms with Crippen LogP contribution in [-0.2, 0) is 4.74 Å². The molecule has 0 aromatic rings. The Morgan fingerprint density at radius 1 is 1.36 bits per heavy atom. The third-order valence-electron chi connectivity index (χ3n) is 2.53. The van der Waals surface area contributed by atoms with Crippen molar-refractivity contribution in [2.75, 3.05) is 26.2 Å². The van der Waals surface area contributed by atoms with Gasteiger partial charge in [-0.25, -0.2) is 0 Å². The predicted molar refractivity (Wildman–Crippen MR) is 46.8 cm³/mol. The molecule has 1 aliphatic rings. The molecule has 1 fully saturated rings. The lowest BCUT2D eigenvalue weighted by Gasteiger charge is -2.41. The number of ether oxygens (including phenoxy) is 1. The zero-order chi connectivity index (χ0) is 8.32. The van der Waals surface area contributed by atoms with Gasteiger partial charge < -0.3 is 9.64 Å². The SMILES string of the molecule is CCN(CC)CC1(C)CCO1. The lowest BCUT2D eigenvalue weighted by Crippen LogP contribution is -2.50. The third kappa shape index (κ3) is 2.17. The van der Waals surface area contributed by atoms with Crippen molar-refractivity contribution < 1.29 is 4.74 Å². The Morgan fingerprint density at radius 2 is 1.91 bits per heavy atom. The van der Waals surface area contributed by atoms with Gasteiger partial charge in [-0.15, -0.1) is 0 Å². The fourth-order valence-corrected chi connectivity index (χ4v) is 1.50. The van der Waals surface area contributed by atoms with Gasteiger partial charge in [0.1, 0.15) is 0 Å². The highest BCUT2D eigenvalue weighted by Gasteiger charge is 2.34. The Morgan fingerprint density at radius 3 is 2.18 bits per heavy atom. The normalized spacial score (nSPS) is 30.5. The predicted octanol–water partition coefficient (Wildman–Crippen LogP) is 1.51. The minimum Gasteiger partial charge on any atom is -0.374 e. The third-order valence-corrected chi connectivity index (χ3v) is 2.53. The topological polar surface area (TPSA) is 12.5 Å². The molecule has 2 nitrogen and oxygen atoms in total. The fourth-order valence-electron chi connectivity index (χ4n) is 1.50. The lowest BCUT2D eigenvalue weighted by atomic mass is 9.97. The second kappa shape index (κ2) is 3.55. The van der Waals surface area contributed by atoms with E-state index in [2.05, 4.69) is 25.7 Å². The van der Waals surface area contributed by atoms with Crippen molar-refractivity contribution >= 4 is 0 Å². The summed E-state index contributed by atoms with van der Waals surface area (Å²) in [4.78, 5) is 2.42. The molecule has 0 aromatic carbocycles. The molecule has 11 heavy (non-hydrogen) atoms. The van der Waals surface area contributed by atoms with Crippen LogP contribution in [0.1, 0.15) is 27.2 Å². The summed E-state index contributed by atoms with van der Waals surface area (Å²) in [6, 6.07) is 0. The van der Waals surface area contributed by atoms with Crippen LogP contribution >= 0.6 is 0 Å². The molecule has 0 aromatic heterocycles. The molecule has 66 valence electrons. The van der Waals surface area contributed by atoms with Gasteiger partial charge in [-0.1, -0.05) is 13.8 Å². The van der Waals surface area contributed by atoms with Gasteiger partial charge in [0, 0.05) is 13.0 Å². The van der Waals surface area contributed by atoms with E-state index in [1.165, 1.54) is 6.42 Å². The Bertz CT molecular complexity index is 117. The largest absolute Gasteiger partial charge is 0.374 e. The van der Waals surface area contributed by atoms with Crippen LogP contribution in [0.4, 0.5) is 0 Å². The van der Waals surface area contributed by atoms with Crippen LogP contribution < -0.4 is 0 Å². The molecule has 2 heteroatoms. The maximum atomic E-state index is 5.51. The number of hydrogen-bond donors (Lipinski definition) is 0. The van der Waals surface area contributed by atoms with E-state index in [0.717, 1.165) is 26.2 Å². The van der Waals surface area contributed by atoms with Crippen molar-refractivity contribution in [1.82, 2.24) is 4.90 Å². The van der Waals surface area contributed by atoms with Crippen LogP contribution in [0.5, 0.6) is 0 Å². The van der Waals surface area contributed by atoms with E-state index in [9.17, 15) is 0 Å². The molecule has 0 radical (unpaired) electrons. The second-order valence-corrected chi connectivity index (χ2v) is 3.51. The average molecular weight is 157 g/mol. The molecule has 0 spiro atoms. The quantitative estimate of drug-likeness (QED) is 0.613. The summed E-state index contributed by atoms with van der Waals surface area (Å²) in [6.07, 6.45) is 1.23. The molecule has 0 saturated carbocycles. The van der Waals surface area contributed by atoms with Crippen LogP contribution in [0, 0.1) is 0 Å². The Hall–Kier alpha value is -0.0800. The summed E-state index contributed by atoms with van der Waals surface area (Å²) in [5.74, 6) is 0. The summed E-state index contributed by atoms with van der Waals surface area (Å²) in [6.45, 7) is 10.9. The second-order valence-electron chi connectivity index (χ2n) is 3.51. The van der Waals surface area contributed by atoms with E-state index in [4.69, 9.17) is 4.74 Å². The van der Waals surface area contributed by atoms with E-state index >= 15 is 0 Å². The van der Waals surface area contributed by atoms with E-state index in [-0.39, 0.29) is 5.60 Å². The fraction of sp³-hybridized carbons (Fsp3) is 1.00. The van der Waals surface area contributed by atoms with Gasteiger partial charge >= 0.3 is 0 Å². The van der Waals surface area contributed by atoms with Crippen molar-refractivity contribution in [3.63, 3.8) is 0 Å². The highest BCUT2D eigenvalue weighted by atomic mass is 16.5. The molecular weight excluding hydrogens is 138 g/mol. The maximum Gasteiger partial charge on any atom is 0.0802 e. The van der Waals surface area contributed by atoms with Crippen molar-refractivity contribution in [3.05, 3.63) is 0 Å². The van der Waals surface area contributed by atoms with Crippen molar-refractivity contribution in [2.45, 2.75) is 32.8 Å². The molecule has 1 saturated heterocycles. The van der Waals surface area contributed by atoms with Gasteiger partial charge in [-0.05, 0) is 20.0 Å². The molecule has 1 unspecified atom stereocenters. The van der Waals surface area contributed by atoms with Crippen LogP contribution in [0.15, 0.2) is 0 Å². The highest BCUT2D eigenvalue weighted by Crippen LogP contribution is 2.26. The van der Waals surface area contributed by atoms with E-state index < -0.39 is 0 Å². The molecule has 1 heterocycles. The molecule has 1 aliphatic heterocycles. The van der Waals surface area contributed by atoms with E-state index in [1.54, 1.807) is 0 Å². The van der Waals surface area contributed by atoms with Gasteiger partial charge in [0.25, 0.3) is 0 Å². The van der Waals surface area contributed by atoms with Gasteiger partial charge in [0.05, 0.1) is 12.2 Å². The zero-order valence-electron chi connectivity index (χ0n) is 7.89. The first-order chi connectivity index (χ1) is 5.20.